The predicted molar refractivity (Wildman–Crippen MR) is 143 cm³/mol. The molecule has 3 N–H and O–H groups in total. The normalized spacial score (nSPS) is 25.5. The van der Waals surface area contributed by atoms with Crippen molar-refractivity contribution in [2.75, 3.05) is 26.2 Å². The molecule has 1 heterocycles. The van der Waals surface area contributed by atoms with Crippen LogP contribution in [0.1, 0.15) is 78.6 Å². The van der Waals surface area contributed by atoms with E-state index in [9.17, 15) is 0 Å². The Hall–Kier alpha value is -2.07. The van der Waals surface area contributed by atoms with Gasteiger partial charge in [-0.15, -0.1) is 0 Å². The van der Waals surface area contributed by atoms with E-state index in [0.717, 1.165) is 57.6 Å². The van der Waals surface area contributed by atoms with Crippen molar-refractivity contribution >= 4 is 5.71 Å². The lowest BCUT2D eigenvalue weighted by Gasteiger charge is -2.30. The van der Waals surface area contributed by atoms with Crippen molar-refractivity contribution in [2.24, 2.45) is 16.6 Å². The summed E-state index contributed by atoms with van der Waals surface area (Å²) in [6.45, 7) is 14.9. The van der Waals surface area contributed by atoms with Gasteiger partial charge in [0.2, 0.25) is 0 Å². The van der Waals surface area contributed by atoms with E-state index in [4.69, 9.17) is 10.7 Å². The molecule has 0 aromatic carbocycles. The van der Waals surface area contributed by atoms with Gasteiger partial charge < -0.3 is 16.0 Å². The summed E-state index contributed by atoms with van der Waals surface area (Å²) in [6.07, 6.45) is 19.6. The minimum Gasteiger partial charge on any atom is -0.401 e. The van der Waals surface area contributed by atoms with Gasteiger partial charge >= 0.3 is 0 Å². The smallest absolute Gasteiger partial charge is 0.0503 e. The molecule has 0 amide bonds. The van der Waals surface area contributed by atoms with Crippen LogP contribution in [-0.2, 0) is 0 Å². The van der Waals surface area contributed by atoms with Crippen LogP contribution in [0, 0.1) is 5.92 Å². The molecule has 4 nitrogen and oxygen atoms in total. The van der Waals surface area contributed by atoms with Crippen LogP contribution in [-0.4, -0.2) is 42.8 Å². The van der Waals surface area contributed by atoms with Crippen molar-refractivity contribution in [1.82, 2.24) is 10.2 Å². The third-order valence-electron chi connectivity index (χ3n) is 7.27. The molecule has 1 saturated heterocycles. The van der Waals surface area contributed by atoms with Gasteiger partial charge in [0.25, 0.3) is 0 Å². The SMILES string of the molecule is C=CC1=C(/C=C(\C)N(CCC)CCC)C=CCC1C(N)=C1CNCCC1=NC1CCCCC1. The first-order valence-electron chi connectivity index (χ1n) is 13.3. The third-order valence-corrected chi connectivity index (χ3v) is 7.27. The Morgan fingerprint density at radius 2 is 1.94 bits per heavy atom. The van der Waals surface area contributed by atoms with Crippen LogP contribution in [0.2, 0.25) is 0 Å². The monoisotopic (exact) mass is 450 g/mol. The van der Waals surface area contributed by atoms with Crippen molar-refractivity contribution in [2.45, 2.75) is 84.6 Å². The van der Waals surface area contributed by atoms with Crippen LogP contribution in [0.15, 0.2) is 64.0 Å². The fraction of sp³-hybridized carbons (Fsp3) is 0.621. The second-order valence-electron chi connectivity index (χ2n) is 9.81. The maximum absolute atomic E-state index is 6.94. The Bertz CT molecular complexity index is 815. The van der Waals surface area contributed by atoms with Gasteiger partial charge in [-0.1, -0.05) is 57.9 Å². The summed E-state index contributed by atoms with van der Waals surface area (Å²) in [6, 6.07) is 0.486. The number of allylic oxidation sites excluding steroid dienone is 7. The summed E-state index contributed by atoms with van der Waals surface area (Å²) < 4.78 is 0. The first-order chi connectivity index (χ1) is 16.1. The van der Waals surface area contributed by atoms with Crippen LogP contribution in [0.5, 0.6) is 0 Å². The lowest BCUT2D eigenvalue weighted by Crippen LogP contribution is -2.35. The standard InChI is InChI=1S/C29H46N4/c1-5-18-33(19-6-2)22(4)20-23-12-11-15-26(25(23)7-3)29(30)27-21-31-17-16-28(27)32-24-13-9-8-10-14-24/h7,11-12,20,24,26,31H,3,5-6,8-10,13-19,21,30H2,1-2,4H3/b22-20+,29-27?,32-28?. The lowest BCUT2D eigenvalue weighted by atomic mass is 9.81. The van der Waals surface area contributed by atoms with Gasteiger partial charge in [0.05, 0.1) is 6.04 Å². The number of hydrogen-bond donors (Lipinski definition) is 2. The number of nitrogens with two attached hydrogens (primary N) is 1. The number of aliphatic imine (C=N–C) groups is 1. The molecular weight excluding hydrogens is 404 g/mol. The molecule has 2 aliphatic carbocycles. The molecule has 182 valence electrons. The first-order valence-corrected chi connectivity index (χ1v) is 13.3. The summed E-state index contributed by atoms with van der Waals surface area (Å²) in [5.74, 6) is 0.170. The molecule has 1 aliphatic heterocycles. The van der Waals surface area contributed by atoms with Gasteiger partial charge in [-0.3, -0.25) is 4.99 Å². The average molecular weight is 451 g/mol. The van der Waals surface area contributed by atoms with E-state index >= 15 is 0 Å². The molecule has 3 aliphatic rings. The molecular formula is C29H46N4. The summed E-state index contributed by atoms with van der Waals surface area (Å²) >= 11 is 0. The van der Waals surface area contributed by atoms with Crippen molar-refractivity contribution in [3.63, 3.8) is 0 Å². The summed E-state index contributed by atoms with van der Waals surface area (Å²) in [5.41, 5.74) is 14.2. The van der Waals surface area contributed by atoms with Crippen LogP contribution >= 0.6 is 0 Å². The van der Waals surface area contributed by atoms with Gasteiger partial charge in [-0.2, -0.15) is 0 Å². The Morgan fingerprint density at radius 3 is 2.61 bits per heavy atom. The summed E-state index contributed by atoms with van der Waals surface area (Å²) in [4.78, 5) is 7.73. The Labute approximate surface area is 202 Å². The van der Waals surface area contributed by atoms with Crippen LogP contribution in [0.4, 0.5) is 0 Å². The Balaban J connectivity index is 1.93. The number of hydrogen-bond acceptors (Lipinski definition) is 4. The molecule has 4 heteroatoms. The van der Waals surface area contributed by atoms with Gasteiger partial charge in [0.15, 0.2) is 0 Å². The molecule has 1 saturated carbocycles. The number of nitrogens with one attached hydrogen (secondary N) is 1. The Morgan fingerprint density at radius 1 is 1.21 bits per heavy atom. The highest BCUT2D eigenvalue weighted by Gasteiger charge is 2.26. The molecule has 2 fully saturated rings. The molecule has 1 unspecified atom stereocenters. The quantitative estimate of drug-likeness (QED) is 0.449. The van der Waals surface area contributed by atoms with Crippen LogP contribution in [0.3, 0.4) is 0 Å². The van der Waals surface area contributed by atoms with E-state index in [-0.39, 0.29) is 5.92 Å². The second-order valence-corrected chi connectivity index (χ2v) is 9.81. The molecule has 33 heavy (non-hydrogen) atoms. The molecule has 0 spiro atoms. The minimum atomic E-state index is 0.170. The molecule has 0 radical (unpaired) electrons. The third kappa shape index (κ3) is 6.72. The molecule has 3 rings (SSSR count). The highest BCUT2D eigenvalue weighted by Crippen LogP contribution is 2.34. The van der Waals surface area contributed by atoms with E-state index in [1.54, 1.807) is 0 Å². The molecule has 0 aromatic rings. The van der Waals surface area contributed by atoms with Crippen molar-refractivity contribution in [3.05, 3.63) is 59.0 Å². The molecule has 0 aromatic heterocycles. The van der Waals surface area contributed by atoms with Gasteiger partial charge in [0.1, 0.15) is 0 Å². The summed E-state index contributed by atoms with van der Waals surface area (Å²) in [5, 5.41) is 3.54. The maximum Gasteiger partial charge on any atom is 0.0503 e. The molecule has 1 atom stereocenters. The topological polar surface area (TPSA) is 53.6 Å². The number of nitrogens with zero attached hydrogens (tertiary/aromatic N) is 2. The second kappa shape index (κ2) is 13.0. The van der Waals surface area contributed by atoms with Gasteiger partial charge in [-0.05, 0) is 56.3 Å². The fourth-order valence-electron chi connectivity index (χ4n) is 5.49. The van der Waals surface area contributed by atoms with Crippen molar-refractivity contribution < 1.29 is 0 Å². The minimum absolute atomic E-state index is 0.170. The lowest BCUT2D eigenvalue weighted by molar-refractivity contribution is 0.345. The van der Waals surface area contributed by atoms with E-state index in [0.29, 0.717) is 6.04 Å². The fourth-order valence-corrected chi connectivity index (χ4v) is 5.49. The largest absolute Gasteiger partial charge is 0.401 e. The highest BCUT2D eigenvalue weighted by atomic mass is 15.1. The number of piperidine rings is 1. The van der Waals surface area contributed by atoms with Gasteiger partial charge in [0, 0.05) is 61.2 Å². The molecule has 0 bridgehead atoms. The zero-order chi connectivity index (χ0) is 23.6. The number of rotatable bonds is 9. The summed E-state index contributed by atoms with van der Waals surface area (Å²) in [7, 11) is 0. The van der Waals surface area contributed by atoms with Crippen LogP contribution in [0.25, 0.3) is 0 Å². The van der Waals surface area contributed by atoms with E-state index in [2.05, 4.69) is 55.8 Å². The van der Waals surface area contributed by atoms with Crippen LogP contribution < -0.4 is 11.1 Å². The highest BCUT2D eigenvalue weighted by molar-refractivity contribution is 6.02. The predicted octanol–water partition coefficient (Wildman–Crippen LogP) is 6.05. The maximum atomic E-state index is 6.94. The zero-order valence-corrected chi connectivity index (χ0v) is 21.3. The van der Waals surface area contributed by atoms with E-state index in [1.807, 2.05) is 6.08 Å². The first kappa shape index (κ1) is 25.6. The van der Waals surface area contributed by atoms with E-state index < -0.39 is 0 Å². The van der Waals surface area contributed by atoms with Crippen molar-refractivity contribution in [3.8, 4) is 0 Å². The average Bonchev–Trinajstić information content (AvgIpc) is 2.84. The Kier molecular flexibility index (Phi) is 10.1. The zero-order valence-electron chi connectivity index (χ0n) is 21.3. The van der Waals surface area contributed by atoms with E-state index in [1.165, 1.54) is 60.2 Å². The van der Waals surface area contributed by atoms with Gasteiger partial charge in [-0.25, -0.2) is 0 Å². The van der Waals surface area contributed by atoms with Crippen molar-refractivity contribution in [1.29, 1.82) is 0 Å².